The maximum Gasteiger partial charge on any atom is 0.327 e. The first kappa shape index (κ1) is 12.2. The van der Waals surface area contributed by atoms with Crippen LogP contribution in [0.3, 0.4) is 0 Å². The van der Waals surface area contributed by atoms with E-state index in [1.54, 1.807) is 24.3 Å². The molecule has 1 atom stereocenters. The number of methoxy groups -OCH3 is 1. The van der Waals surface area contributed by atoms with Crippen molar-refractivity contribution in [1.29, 1.82) is 0 Å². The first-order valence-corrected chi connectivity index (χ1v) is 4.75. The lowest BCUT2D eigenvalue weighted by molar-refractivity contribution is -0.142. The highest BCUT2D eigenvalue weighted by Gasteiger charge is 2.15. The quantitative estimate of drug-likeness (QED) is 0.742. The summed E-state index contributed by atoms with van der Waals surface area (Å²) in [5.41, 5.74) is 6.94. The number of nitrogens with two attached hydrogens (primary N) is 1. The van der Waals surface area contributed by atoms with Gasteiger partial charge in [0.15, 0.2) is 0 Å². The average Bonchev–Trinajstić information content (AvgIpc) is 2.27. The molecule has 0 spiro atoms. The minimum absolute atomic E-state index is 0.148. The van der Waals surface area contributed by atoms with Crippen molar-refractivity contribution in [2.75, 3.05) is 12.4 Å². The van der Waals surface area contributed by atoms with E-state index in [4.69, 9.17) is 5.73 Å². The lowest BCUT2D eigenvalue weighted by Gasteiger charge is -2.10. The molecule has 3 N–H and O–H groups in total. The Morgan fingerprint density at radius 2 is 1.88 bits per heavy atom. The van der Waals surface area contributed by atoms with Gasteiger partial charge < -0.3 is 15.8 Å². The van der Waals surface area contributed by atoms with Crippen LogP contribution in [-0.4, -0.2) is 19.0 Å². The highest BCUT2D eigenvalue weighted by molar-refractivity contribution is 5.88. The molecular formula is C11H14N2O3. The normalized spacial score (nSPS) is 11.7. The van der Waals surface area contributed by atoms with E-state index in [1.165, 1.54) is 14.0 Å². The van der Waals surface area contributed by atoms with Gasteiger partial charge in [-0.2, -0.15) is 0 Å². The van der Waals surface area contributed by atoms with E-state index >= 15 is 0 Å². The Hall–Kier alpha value is -1.88. The summed E-state index contributed by atoms with van der Waals surface area (Å²) in [5.74, 6) is -0.641. The van der Waals surface area contributed by atoms with Crippen molar-refractivity contribution < 1.29 is 14.3 Å². The van der Waals surface area contributed by atoms with Crippen LogP contribution in [0, 0.1) is 0 Å². The van der Waals surface area contributed by atoms with Gasteiger partial charge in [0.05, 0.1) is 7.11 Å². The van der Waals surface area contributed by atoms with Crippen LogP contribution in [0.2, 0.25) is 0 Å². The molecule has 0 heterocycles. The van der Waals surface area contributed by atoms with Crippen LogP contribution in [-0.2, 0) is 14.3 Å². The summed E-state index contributed by atoms with van der Waals surface area (Å²) < 4.78 is 4.53. The number of hydrogen-bond donors (Lipinski definition) is 2. The zero-order chi connectivity index (χ0) is 12.1. The molecule has 86 valence electrons. The summed E-state index contributed by atoms with van der Waals surface area (Å²) in [6, 6.07) is 5.91. The standard InChI is InChI=1S/C11H14N2O3/c1-7(14)13-9-5-3-8(4-6-9)10(12)11(15)16-2/h3-6,10H,12H2,1-2H3,(H,13,14)/t10-/m0/s1. The van der Waals surface area contributed by atoms with Crippen molar-refractivity contribution in [2.45, 2.75) is 13.0 Å². The van der Waals surface area contributed by atoms with Gasteiger partial charge in [0.2, 0.25) is 5.91 Å². The Balaban J connectivity index is 2.78. The Morgan fingerprint density at radius 3 is 2.31 bits per heavy atom. The number of esters is 1. The number of anilines is 1. The predicted molar refractivity (Wildman–Crippen MR) is 59.7 cm³/mol. The van der Waals surface area contributed by atoms with E-state index in [2.05, 4.69) is 10.1 Å². The molecule has 0 unspecified atom stereocenters. The molecule has 0 saturated carbocycles. The van der Waals surface area contributed by atoms with E-state index in [1.807, 2.05) is 0 Å². The van der Waals surface area contributed by atoms with Crippen molar-refractivity contribution in [3.8, 4) is 0 Å². The van der Waals surface area contributed by atoms with Crippen LogP contribution >= 0.6 is 0 Å². The van der Waals surface area contributed by atoms with Crippen LogP contribution in [0.5, 0.6) is 0 Å². The highest BCUT2D eigenvalue weighted by atomic mass is 16.5. The number of ether oxygens (including phenoxy) is 1. The fraction of sp³-hybridized carbons (Fsp3) is 0.273. The summed E-state index contributed by atoms with van der Waals surface area (Å²) in [6.45, 7) is 1.42. The van der Waals surface area contributed by atoms with Crippen LogP contribution < -0.4 is 11.1 Å². The number of rotatable bonds is 3. The summed E-state index contributed by atoms with van der Waals surface area (Å²) in [5, 5.41) is 2.62. The zero-order valence-electron chi connectivity index (χ0n) is 9.19. The molecule has 0 saturated heterocycles. The van der Waals surface area contributed by atoms with Gasteiger partial charge in [-0.05, 0) is 17.7 Å². The second-order valence-corrected chi connectivity index (χ2v) is 3.30. The molecular weight excluding hydrogens is 208 g/mol. The van der Waals surface area contributed by atoms with Crippen LogP contribution in [0.15, 0.2) is 24.3 Å². The number of nitrogens with one attached hydrogen (secondary N) is 1. The summed E-state index contributed by atoms with van der Waals surface area (Å²) in [4.78, 5) is 21.9. The number of hydrogen-bond acceptors (Lipinski definition) is 4. The van der Waals surface area contributed by atoms with E-state index in [-0.39, 0.29) is 5.91 Å². The average molecular weight is 222 g/mol. The fourth-order valence-corrected chi connectivity index (χ4v) is 1.24. The van der Waals surface area contributed by atoms with Crippen molar-refractivity contribution in [1.82, 2.24) is 0 Å². The molecule has 0 aliphatic heterocycles. The maximum absolute atomic E-state index is 11.2. The van der Waals surface area contributed by atoms with Gasteiger partial charge in [-0.1, -0.05) is 12.1 Å². The minimum Gasteiger partial charge on any atom is -0.468 e. The molecule has 5 nitrogen and oxygen atoms in total. The minimum atomic E-state index is -0.795. The van der Waals surface area contributed by atoms with Crippen molar-refractivity contribution in [3.63, 3.8) is 0 Å². The molecule has 1 rings (SSSR count). The number of carbonyl (C=O) groups excluding carboxylic acids is 2. The van der Waals surface area contributed by atoms with Gasteiger partial charge >= 0.3 is 5.97 Å². The Kier molecular flexibility index (Phi) is 4.02. The third kappa shape index (κ3) is 3.06. The van der Waals surface area contributed by atoms with Crippen molar-refractivity contribution in [2.24, 2.45) is 5.73 Å². The first-order chi connectivity index (χ1) is 7.54. The second kappa shape index (κ2) is 5.27. The van der Waals surface area contributed by atoms with Crippen LogP contribution in [0.1, 0.15) is 18.5 Å². The van der Waals surface area contributed by atoms with Gasteiger partial charge in [-0.25, -0.2) is 0 Å². The van der Waals surface area contributed by atoms with Gasteiger partial charge in [0.25, 0.3) is 0 Å². The number of benzene rings is 1. The lowest BCUT2D eigenvalue weighted by atomic mass is 10.1. The third-order valence-corrected chi connectivity index (χ3v) is 2.05. The SMILES string of the molecule is COC(=O)[C@@H](N)c1ccc(NC(C)=O)cc1. The van der Waals surface area contributed by atoms with Gasteiger partial charge in [-0.15, -0.1) is 0 Å². The van der Waals surface area contributed by atoms with E-state index < -0.39 is 12.0 Å². The number of amides is 1. The van der Waals surface area contributed by atoms with Crippen LogP contribution in [0.4, 0.5) is 5.69 Å². The van der Waals surface area contributed by atoms with Crippen molar-refractivity contribution >= 4 is 17.6 Å². The van der Waals surface area contributed by atoms with Crippen LogP contribution in [0.25, 0.3) is 0 Å². The lowest BCUT2D eigenvalue weighted by Crippen LogP contribution is -2.22. The molecule has 0 radical (unpaired) electrons. The summed E-state index contributed by atoms with van der Waals surface area (Å²) >= 11 is 0. The van der Waals surface area contributed by atoms with E-state index in [9.17, 15) is 9.59 Å². The Morgan fingerprint density at radius 1 is 1.31 bits per heavy atom. The van der Waals surface area contributed by atoms with E-state index in [0.717, 1.165) is 0 Å². The predicted octanol–water partition coefficient (Wildman–Crippen LogP) is 0.818. The van der Waals surface area contributed by atoms with Gasteiger partial charge in [0, 0.05) is 12.6 Å². The van der Waals surface area contributed by atoms with Crippen molar-refractivity contribution in [3.05, 3.63) is 29.8 Å². The summed E-state index contributed by atoms with van der Waals surface area (Å²) in [6.07, 6.45) is 0. The largest absolute Gasteiger partial charge is 0.468 e. The molecule has 1 aromatic rings. The van der Waals surface area contributed by atoms with Gasteiger partial charge in [-0.3, -0.25) is 9.59 Å². The third-order valence-electron chi connectivity index (χ3n) is 2.05. The highest BCUT2D eigenvalue weighted by Crippen LogP contribution is 2.15. The number of carbonyl (C=O) groups is 2. The molecule has 16 heavy (non-hydrogen) atoms. The molecule has 0 aliphatic carbocycles. The first-order valence-electron chi connectivity index (χ1n) is 4.75. The molecule has 1 aromatic carbocycles. The smallest absolute Gasteiger partial charge is 0.327 e. The Labute approximate surface area is 93.6 Å². The second-order valence-electron chi connectivity index (χ2n) is 3.30. The topological polar surface area (TPSA) is 81.4 Å². The molecule has 5 heteroatoms. The molecule has 0 aliphatic rings. The Bertz CT molecular complexity index is 387. The summed E-state index contributed by atoms with van der Waals surface area (Å²) in [7, 11) is 1.29. The maximum atomic E-state index is 11.2. The van der Waals surface area contributed by atoms with Gasteiger partial charge in [0.1, 0.15) is 6.04 Å². The monoisotopic (exact) mass is 222 g/mol. The molecule has 1 amide bonds. The molecule has 0 bridgehead atoms. The zero-order valence-corrected chi connectivity index (χ0v) is 9.19. The fourth-order valence-electron chi connectivity index (χ4n) is 1.24. The van der Waals surface area contributed by atoms with E-state index in [0.29, 0.717) is 11.3 Å². The molecule has 0 fully saturated rings. The molecule has 0 aromatic heterocycles.